The molecule has 1 atom stereocenters. The van der Waals surface area contributed by atoms with Crippen LogP contribution in [0.5, 0.6) is 0 Å². The summed E-state index contributed by atoms with van der Waals surface area (Å²) in [7, 11) is 0. The average molecular weight is 273 g/mol. The van der Waals surface area contributed by atoms with Gasteiger partial charge >= 0.3 is 6.18 Å². The first-order valence-electron chi connectivity index (χ1n) is 3.65. The number of rotatable bonds is 2. The van der Waals surface area contributed by atoms with Crippen LogP contribution >= 0.6 is 27.3 Å². The SMILES string of the molecule is Cc1ccc(C(Br)CC(F)(F)F)s1. The third-order valence-electron chi connectivity index (χ3n) is 1.48. The van der Waals surface area contributed by atoms with Crippen molar-refractivity contribution in [3.63, 3.8) is 0 Å². The van der Waals surface area contributed by atoms with E-state index in [1.807, 2.05) is 13.0 Å². The van der Waals surface area contributed by atoms with Gasteiger partial charge < -0.3 is 0 Å². The van der Waals surface area contributed by atoms with Crippen molar-refractivity contribution in [1.82, 2.24) is 0 Å². The number of alkyl halides is 4. The standard InChI is InChI=1S/C8H8BrF3S/c1-5-2-3-7(13-5)6(9)4-8(10,11)12/h2-3,6H,4H2,1H3. The molecule has 1 aromatic heterocycles. The lowest BCUT2D eigenvalue weighted by Crippen LogP contribution is -2.09. The molecule has 0 bridgehead atoms. The van der Waals surface area contributed by atoms with Crippen LogP contribution in [0.3, 0.4) is 0 Å². The van der Waals surface area contributed by atoms with Gasteiger partial charge in [0.05, 0.1) is 11.2 Å². The van der Waals surface area contributed by atoms with Crippen molar-refractivity contribution in [3.8, 4) is 0 Å². The number of aryl methyl sites for hydroxylation is 1. The summed E-state index contributed by atoms with van der Waals surface area (Å²) in [6.07, 6.45) is -4.92. The van der Waals surface area contributed by atoms with Crippen molar-refractivity contribution < 1.29 is 13.2 Å². The molecular formula is C8H8BrF3S. The third-order valence-corrected chi connectivity index (χ3v) is 3.71. The molecule has 0 fully saturated rings. The lowest BCUT2D eigenvalue weighted by atomic mass is 10.2. The Bertz CT molecular complexity index is 279. The van der Waals surface area contributed by atoms with E-state index in [0.717, 1.165) is 9.75 Å². The van der Waals surface area contributed by atoms with Gasteiger partial charge in [-0.3, -0.25) is 0 Å². The van der Waals surface area contributed by atoms with E-state index in [1.54, 1.807) is 6.07 Å². The smallest absolute Gasteiger partial charge is 0.171 e. The van der Waals surface area contributed by atoms with Crippen molar-refractivity contribution in [2.45, 2.75) is 24.3 Å². The lowest BCUT2D eigenvalue weighted by molar-refractivity contribution is -0.134. The van der Waals surface area contributed by atoms with Crippen LogP contribution in [0, 0.1) is 6.92 Å². The number of thiophene rings is 1. The molecule has 74 valence electrons. The highest BCUT2D eigenvalue weighted by Crippen LogP contribution is 2.38. The largest absolute Gasteiger partial charge is 0.390 e. The van der Waals surface area contributed by atoms with Gasteiger partial charge in [0, 0.05) is 9.75 Å². The summed E-state index contributed by atoms with van der Waals surface area (Å²) in [5.74, 6) is 0. The summed E-state index contributed by atoms with van der Waals surface area (Å²) in [6, 6.07) is 3.55. The summed E-state index contributed by atoms with van der Waals surface area (Å²) in [5, 5.41) is 0. The molecule has 0 aliphatic carbocycles. The molecule has 1 heterocycles. The van der Waals surface area contributed by atoms with Crippen LogP contribution in [-0.2, 0) is 0 Å². The zero-order valence-electron chi connectivity index (χ0n) is 6.86. The molecule has 0 amide bonds. The predicted octanol–water partition coefficient (Wildman–Crippen LogP) is 4.44. The highest BCUT2D eigenvalue weighted by Gasteiger charge is 2.31. The summed E-state index contributed by atoms with van der Waals surface area (Å²) in [4.78, 5) is 1.16. The normalized spacial score (nSPS) is 14.5. The highest BCUT2D eigenvalue weighted by molar-refractivity contribution is 9.09. The van der Waals surface area contributed by atoms with E-state index in [9.17, 15) is 13.2 Å². The fourth-order valence-electron chi connectivity index (χ4n) is 0.926. The topological polar surface area (TPSA) is 0 Å². The summed E-state index contributed by atoms with van der Waals surface area (Å²) < 4.78 is 35.9. The zero-order valence-corrected chi connectivity index (χ0v) is 9.26. The Balaban J connectivity index is 2.64. The molecule has 1 rings (SSSR count). The van der Waals surface area contributed by atoms with Crippen LogP contribution in [0.15, 0.2) is 12.1 Å². The maximum absolute atomic E-state index is 12.0. The van der Waals surface area contributed by atoms with Crippen molar-refractivity contribution >= 4 is 27.3 Å². The quantitative estimate of drug-likeness (QED) is 0.698. The van der Waals surface area contributed by atoms with Gasteiger partial charge in [0.25, 0.3) is 0 Å². The predicted molar refractivity (Wildman–Crippen MR) is 51.4 cm³/mol. The van der Waals surface area contributed by atoms with Crippen LogP contribution in [-0.4, -0.2) is 6.18 Å². The zero-order chi connectivity index (χ0) is 10.1. The van der Waals surface area contributed by atoms with Crippen molar-refractivity contribution in [2.75, 3.05) is 0 Å². The van der Waals surface area contributed by atoms with Crippen molar-refractivity contribution in [1.29, 1.82) is 0 Å². The van der Waals surface area contributed by atoms with Crippen LogP contribution in [0.4, 0.5) is 13.2 Å². The van der Waals surface area contributed by atoms with Gasteiger partial charge in [-0.15, -0.1) is 11.3 Å². The van der Waals surface area contributed by atoms with E-state index >= 15 is 0 Å². The fraction of sp³-hybridized carbons (Fsp3) is 0.500. The highest BCUT2D eigenvalue weighted by atomic mass is 79.9. The van der Waals surface area contributed by atoms with E-state index in [2.05, 4.69) is 15.9 Å². The average Bonchev–Trinajstić information content (AvgIpc) is 2.31. The summed E-state index contributed by atoms with van der Waals surface area (Å²) in [6.45, 7) is 1.88. The van der Waals surface area contributed by atoms with Gasteiger partial charge in [-0.25, -0.2) is 0 Å². The Labute approximate surface area is 86.9 Å². The lowest BCUT2D eigenvalue weighted by Gasteiger charge is -2.10. The molecule has 13 heavy (non-hydrogen) atoms. The Kier molecular flexibility index (Phi) is 3.40. The Morgan fingerprint density at radius 2 is 2.08 bits per heavy atom. The molecule has 0 saturated heterocycles. The molecule has 1 unspecified atom stereocenters. The maximum atomic E-state index is 12.0. The van der Waals surface area contributed by atoms with E-state index in [0.29, 0.717) is 0 Å². The molecule has 0 spiro atoms. The third kappa shape index (κ3) is 3.68. The first kappa shape index (κ1) is 11.0. The molecular weight excluding hydrogens is 265 g/mol. The molecule has 0 aliphatic rings. The van der Waals surface area contributed by atoms with Crippen molar-refractivity contribution in [2.24, 2.45) is 0 Å². The minimum absolute atomic E-state index is 0.605. The van der Waals surface area contributed by atoms with Gasteiger partial charge in [-0.2, -0.15) is 13.2 Å². The molecule has 1 aromatic rings. The second kappa shape index (κ2) is 4.00. The van der Waals surface area contributed by atoms with E-state index in [4.69, 9.17) is 0 Å². The Morgan fingerprint density at radius 3 is 2.46 bits per heavy atom. The Morgan fingerprint density at radius 1 is 1.46 bits per heavy atom. The molecule has 0 N–H and O–H groups in total. The van der Waals surface area contributed by atoms with E-state index in [-0.39, 0.29) is 0 Å². The summed E-state index contributed by atoms with van der Waals surface area (Å²) >= 11 is 4.42. The van der Waals surface area contributed by atoms with Gasteiger partial charge in [0.2, 0.25) is 0 Å². The first-order chi connectivity index (χ1) is 5.88. The Hall–Kier alpha value is -0.0300. The van der Waals surface area contributed by atoms with Gasteiger partial charge in [0.1, 0.15) is 0 Å². The maximum Gasteiger partial charge on any atom is 0.390 e. The van der Waals surface area contributed by atoms with Crippen LogP contribution in [0.1, 0.15) is 21.0 Å². The molecule has 0 aliphatic heterocycles. The van der Waals surface area contributed by atoms with Crippen LogP contribution in [0.2, 0.25) is 0 Å². The molecule has 0 saturated carbocycles. The monoisotopic (exact) mass is 272 g/mol. The van der Waals surface area contributed by atoms with E-state index in [1.165, 1.54) is 11.3 Å². The van der Waals surface area contributed by atoms with E-state index < -0.39 is 17.4 Å². The van der Waals surface area contributed by atoms with Crippen LogP contribution in [0.25, 0.3) is 0 Å². The molecule has 0 radical (unpaired) electrons. The molecule has 5 heteroatoms. The number of hydrogen-bond donors (Lipinski definition) is 0. The second-order valence-corrected chi connectivity index (χ2v) is 5.16. The first-order valence-corrected chi connectivity index (χ1v) is 5.39. The molecule has 0 aromatic carbocycles. The van der Waals surface area contributed by atoms with Gasteiger partial charge in [-0.05, 0) is 19.1 Å². The minimum atomic E-state index is -4.11. The second-order valence-electron chi connectivity index (χ2n) is 2.74. The molecule has 0 nitrogen and oxygen atoms in total. The minimum Gasteiger partial charge on any atom is -0.171 e. The van der Waals surface area contributed by atoms with Crippen molar-refractivity contribution in [3.05, 3.63) is 21.9 Å². The summed E-state index contributed by atoms with van der Waals surface area (Å²) in [5.41, 5.74) is 0. The number of hydrogen-bond acceptors (Lipinski definition) is 1. The van der Waals surface area contributed by atoms with Gasteiger partial charge in [0.15, 0.2) is 0 Å². The fourth-order valence-corrected chi connectivity index (χ4v) is 2.58. The van der Waals surface area contributed by atoms with Crippen LogP contribution < -0.4 is 0 Å². The number of halogens is 4. The van der Waals surface area contributed by atoms with Gasteiger partial charge in [-0.1, -0.05) is 15.9 Å².